The van der Waals surface area contributed by atoms with Crippen molar-refractivity contribution in [3.63, 3.8) is 0 Å². The predicted molar refractivity (Wildman–Crippen MR) is 79.2 cm³/mol. The van der Waals surface area contributed by atoms with Crippen molar-refractivity contribution in [2.75, 3.05) is 0 Å². The lowest BCUT2D eigenvalue weighted by atomic mass is 10.0. The molecule has 0 unspecified atom stereocenters. The van der Waals surface area contributed by atoms with E-state index in [2.05, 4.69) is 47.1 Å². The molecule has 0 aliphatic heterocycles. The second kappa shape index (κ2) is 6.39. The summed E-state index contributed by atoms with van der Waals surface area (Å²) in [5, 5.41) is 0. The Hall–Kier alpha value is -0.560. The summed E-state index contributed by atoms with van der Waals surface area (Å²) in [4.78, 5) is 0. The number of hydrogen-bond donors (Lipinski definition) is 0. The van der Waals surface area contributed by atoms with Gasteiger partial charge in [-0.3, -0.25) is 0 Å². The average Bonchev–Trinajstić information content (AvgIpc) is 2.74. The molecule has 0 saturated heterocycles. The highest BCUT2D eigenvalue weighted by Crippen LogP contribution is 2.36. The molecular weight excluding hydrogens is 272 g/mol. The summed E-state index contributed by atoms with van der Waals surface area (Å²) in [5.74, 6) is 0. The number of unbranched alkanes of at least 4 members (excludes halogenated alkanes) is 4. The van der Waals surface area contributed by atoms with Gasteiger partial charge in [0.15, 0.2) is 0 Å². The van der Waals surface area contributed by atoms with Crippen LogP contribution in [0.25, 0.3) is 5.57 Å². The molecule has 1 aromatic rings. The minimum atomic E-state index is 1.12. The number of allylic oxidation sites excluding steroid dienone is 2. The largest absolute Gasteiger partial charge is 0.0762 e. The monoisotopic (exact) mass is 292 g/mol. The van der Waals surface area contributed by atoms with E-state index < -0.39 is 0 Å². The summed E-state index contributed by atoms with van der Waals surface area (Å²) in [6, 6.07) is 6.55. The molecule has 2 rings (SSSR count). The Morgan fingerprint density at radius 3 is 2.76 bits per heavy atom. The molecule has 0 amide bonds. The van der Waals surface area contributed by atoms with E-state index in [1.807, 2.05) is 0 Å². The lowest BCUT2D eigenvalue weighted by Crippen LogP contribution is -1.87. The first kappa shape index (κ1) is 12.9. The van der Waals surface area contributed by atoms with Crippen molar-refractivity contribution in [3.05, 3.63) is 39.9 Å². The second-order valence-electron chi connectivity index (χ2n) is 4.87. The van der Waals surface area contributed by atoms with Crippen LogP contribution in [0, 0.1) is 0 Å². The van der Waals surface area contributed by atoms with E-state index in [9.17, 15) is 0 Å². The van der Waals surface area contributed by atoms with Crippen molar-refractivity contribution in [2.24, 2.45) is 0 Å². The lowest BCUT2D eigenvalue weighted by molar-refractivity contribution is 0.640. The minimum Gasteiger partial charge on any atom is -0.0762 e. The van der Waals surface area contributed by atoms with E-state index >= 15 is 0 Å². The molecule has 0 N–H and O–H groups in total. The molecule has 0 bridgehead atoms. The van der Waals surface area contributed by atoms with Crippen LogP contribution < -0.4 is 0 Å². The fourth-order valence-corrected chi connectivity index (χ4v) is 3.24. The lowest BCUT2D eigenvalue weighted by Gasteiger charge is -2.08. The van der Waals surface area contributed by atoms with Gasteiger partial charge in [0, 0.05) is 4.47 Å². The van der Waals surface area contributed by atoms with Crippen LogP contribution in [0.2, 0.25) is 0 Å². The van der Waals surface area contributed by atoms with E-state index in [4.69, 9.17) is 0 Å². The van der Waals surface area contributed by atoms with Crippen molar-refractivity contribution < 1.29 is 0 Å². The molecule has 0 heterocycles. The van der Waals surface area contributed by atoms with Gasteiger partial charge in [0.2, 0.25) is 0 Å². The van der Waals surface area contributed by atoms with Crippen LogP contribution in [0.4, 0.5) is 0 Å². The number of fused-ring (bicyclic) bond motifs is 1. The van der Waals surface area contributed by atoms with E-state index in [0.29, 0.717) is 0 Å². The van der Waals surface area contributed by atoms with Crippen molar-refractivity contribution in [3.8, 4) is 0 Å². The Morgan fingerprint density at radius 2 is 1.94 bits per heavy atom. The number of hydrogen-bond acceptors (Lipinski definition) is 0. The number of halogens is 1. The molecule has 1 aliphatic carbocycles. The van der Waals surface area contributed by atoms with Crippen molar-refractivity contribution in [1.29, 1.82) is 0 Å². The van der Waals surface area contributed by atoms with Gasteiger partial charge in [0.05, 0.1) is 0 Å². The Kier molecular flexibility index (Phi) is 4.85. The zero-order valence-electron chi connectivity index (χ0n) is 10.6. The Bertz CT molecular complexity index is 404. The quantitative estimate of drug-likeness (QED) is 0.586. The molecule has 0 saturated carbocycles. The van der Waals surface area contributed by atoms with Gasteiger partial charge in [-0.15, -0.1) is 0 Å². The van der Waals surface area contributed by atoms with Gasteiger partial charge >= 0.3 is 0 Å². The van der Waals surface area contributed by atoms with E-state index in [0.717, 1.165) is 6.42 Å². The van der Waals surface area contributed by atoms with Gasteiger partial charge in [-0.2, -0.15) is 0 Å². The van der Waals surface area contributed by atoms with Gasteiger partial charge in [0.25, 0.3) is 0 Å². The van der Waals surface area contributed by atoms with Gasteiger partial charge in [0.1, 0.15) is 0 Å². The third kappa shape index (κ3) is 3.22. The van der Waals surface area contributed by atoms with E-state index in [-0.39, 0.29) is 0 Å². The van der Waals surface area contributed by atoms with Crippen molar-refractivity contribution in [2.45, 2.75) is 51.9 Å². The van der Waals surface area contributed by atoms with Gasteiger partial charge < -0.3 is 0 Å². The third-order valence-corrected chi connectivity index (χ3v) is 4.20. The molecule has 0 fully saturated rings. The van der Waals surface area contributed by atoms with Gasteiger partial charge in [-0.1, -0.05) is 66.7 Å². The topological polar surface area (TPSA) is 0 Å². The maximum Gasteiger partial charge on any atom is 0.0253 e. The number of benzene rings is 1. The van der Waals surface area contributed by atoms with Gasteiger partial charge in [-0.25, -0.2) is 0 Å². The minimum absolute atomic E-state index is 1.12. The van der Waals surface area contributed by atoms with Crippen LogP contribution in [-0.4, -0.2) is 0 Å². The van der Waals surface area contributed by atoms with Gasteiger partial charge in [-0.05, 0) is 42.0 Å². The Labute approximate surface area is 113 Å². The van der Waals surface area contributed by atoms with Crippen LogP contribution in [0.15, 0.2) is 28.7 Å². The molecule has 0 spiro atoms. The molecule has 1 aliphatic rings. The normalized spacial score (nSPS) is 13.6. The fraction of sp³-hybridized carbons (Fsp3) is 0.500. The molecule has 1 aromatic carbocycles. The predicted octanol–water partition coefficient (Wildman–Crippen LogP) is 5.75. The van der Waals surface area contributed by atoms with Crippen LogP contribution >= 0.6 is 15.9 Å². The van der Waals surface area contributed by atoms with E-state index in [1.165, 1.54) is 54.1 Å². The molecule has 0 nitrogen and oxygen atoms in total. The highest BCUT2D eigenvalue weighted by atomic mass is 79.9. The highest BCUT2D eigenvalue weighted by molar-refractivity contribution is 9.10. The van der Waals surface area contributed by atoms with Crippen molar-refractivity contribution in [1.82, 2.24) is 0 Å². The van der Waals surface area contributed by atoms with Crippen molar-refractivity contribution >= 4 is 21.5 Å². The average molecular weight is 293 g/mol. The zero-order valence-corrected chi connectivity index (χ0v) is 12.2. The summed E-state index contributed by atoms with van der Waals surface area (Å²) in [6.07, 6.45) is 11.6. The summed E-state index contributed by atoms with van der Waals surface area (Å²) in [5.41, 5.74) is 4.52. The molecule has 1 heteroatoms. The smallest absolute Gasteiger partial charge is 0.0253 e. The first-order chi connectivity index (χ1) is 8.33. The fourth-order valence-electron chi connectivity index (χ4n) is 2.58. The first-order valence-electron chi connectivity index (χ1n) is 6.79. The summed E-state index contributed by atoms with van der Waals surface area (Å²) in [6.45, 7) is 2.27. The summed E-state index contributed by atoms with van der Waals surface area (Å²) < 4.78 is 1.27. The maximum atomic E-state index is 3.68. The molecule has 92 valence electrons. The highest BCUT2D eigenvalue weighted by Gasteiger charge is 2.15. The van der Waals surface area contributed by atoms with Crippen LogP contribution in [0.1, 0.15) is 56.6 Å². The third-order valence-electron chi connectivity index (χ3n) is 3.54. The zero-order chi connectivity index (χ0) is 12.1. The molecule has 17 heavy (non-hydrogen) atoms. The maximum absolute atomic E-state index is 3.68. The van der Waals surface area contributed by atoms with Crippen LogP contribution in [0.3, 0.4) is 0 Å². The molecule has 0 aromatic heterocycles. The van der Waals surface area contributed by atoms with E-state index in [1.54, 1.807) is 5.57 Å². The number of rotatable bonds is 6. The summed E-state index contributed by atoms with van der Waals surface area (Å²) in [7, 11) is 0. The molecule has 0 radical (unpaired) electrons. The molecule has 0 atom stereocenters. The SMILES string of the molecule is CCCCCCCC1=CCc2cccc(Br)c21. The summed E-state index contributed by atoms with van der Waals surface area (Å²) >= 11 is 3.68. The van der Waals surface area contributed by atoms with Crippen LogP contribution in [0.5, 0.6) is 0 Å². The Balaban J connectivity index is 1.89. The first-order valence-corrected chi connectivity index (χ1v) is 7.59. The standard InChI is InChI=1S/C16H21Br/c1-2-3-4-5-6-8-13-11-12-14-9-7-10-15(17)16(13)14/h7,9-11H,2-6,8,12H2,1H3. The molecular formula is C16H21Br. The second-order valence-corrected chi connectivity index (χ2v) is 5.73. The Morgan fingerprint density at radius 1 is 1.12 bits per heavy atom. The van der Waals surface area contributed by atoms with Crippen LogP contribution in [-0.2, 0) is 6.42 Å².